The van der Waals surface area contributed by atoms with E-state index in [0.717, 1.165) is 36.1 Å². The molecule has 2 saturated heterocycles. The minimum Gasteiger partial charge on any atom is -0.426 e. The monoisotopic (exact) mass is 472 g/mol. The van der Waals surface area contributed by atoms with Crippen molar-refractivity contribution in [3.63, 3.8) is 0 Å². The number of aryl methyl sites for hydroxylation is 2. The largest absolute Gasteiger partial charge is 0.426 e. The molecule has 7 heteroatoms. The smallest absolute Gasteiger partial charge is 0.316 e. The van der Waals surface area contributed by atoms with Crippen LogP contribution in [0.5, 0.6) is 5.75 Å². The van der Waals surface area contributed by atoms with Crippen molar-refractivity contribution < 1.29 is 23.9 Å². The van der Waals surface area contributed by atoms with Crippen molar-refractivity contribution in [2.45, 2.75) is 39.5 Å². The van der Waals surface area contributed by atoms with Crippen LogP contribution in [0.15, 0.2) is 42.5 Å². The van der Waals surface area contributed by atoms with Crippen molar-refractivity contribution in [1.82, 2.24) is 0 Å². The van der Waals surface area contributed by atoms with Gasteiger partial charge in [-0.15, -0.1) is 0 Å². The molecule has 0 unspecified atom stereocenters. The second-order valence-corrected chi connectivity index (χ2v) is 10.5. The van der Waals surface area contributed by atoms with E-state index in [1.807, 2.05) is 32.0 Å². The predicted octanol–water partition coefficient (Wildman–Crippen LogP) is 3.80. The Kier molecular flexibility index (Phi) is 5.06. The van der Waals surface area contributed by atoms with Gasteiger partial charge in [0.25, 0.3) is 0 Å². The summed E-state index contributed by atoms with van der Waals surface area (Å²) in [5.41, 5.74) is 3.54. The molecule has 4 fully saturated rings. The van der Waals surface area contributed by atoms with Crippen molar-refractivity contribution in [3.05, 3.63) is 53.6 Å². The molecule has 2 saturated carbocycles. The zero-order chi connectivity index (χ0) is 24.4. The van der Waals surface area contributed by atoms with E-state index in [2.05, 4.69) is 0 Å². The van der Waals surface area contributed by atoms with E-state index in [9.17, 15) is 19.2 Å². The van der Waals surface area contributed by atoms with E-state index in [0.29, 0.717) is 23.3 Å². The Hall–Kier alpha value is -3.48. The molecule has 2 heterocycles. The zero-order valence-electron chi connectivity index (χ0n) is 19.9. The number of hydrogen-bond acceptors (Lipinski definition) is 5. The van der Waals surface area contributed by atoms with Gasteiger partial charge < -0.3 is 9.64 Å². The number of ether oxygens (including phenoxy) is 1. The SMILES string of the molecule is Cc1ccc(N2C[C@H](C(=O)Oc3ccc(N4C(=O)[C@@H]5[C@H]6CC[C@@H](C6)[C@H]5C4=O)cc3)CC2=O)cc1C. The van der Waals surface area contributed by atoms with Crippen LogP contribution in [-0.2, 0) is 19.2 Å². The molecule has 5 atom stereocenters. The number of hydrogen-bond donors (Lipinski definition) is 0. The highest BCUT2D eigenvalue weighted by atomic mass is 16.5. The molecule has 0 spiro atoms. The summed E-state index contributed by atoms with van der Waals surface area (Å²) in [4.78, 5) is 54.4. The minimum absolute atomic E-state index is 0.0900. The van der Waals surface area contributed by atoms with Gasteiger partial charge in [0.2, 0.25) is 17.7 Å². The molecule has 7 nitrogen and oxygen atoms in total. The molecule has 0 aromatic heterocycles. The van der Waals surface area contributed by atoms with E-state index >= 15 is 0 Å². The molecule has 0 radical (unpaired) electrons. The number of nitrogens with zero attached hydrogens (tertiary/aromatic N) is 2. The van der Waals surface area contributed by atoms with Crippen molar-refractivity contribution in [1.29, 1.82) is 0 Å². The van der Waals surface area contributed by atoms with Crippen LogP contribution in [0.4, 0.5) is 11.4 Å². The summed E-state index contributed by atoms with van der Waals surface area (Å²) in [5, 5.41) is 0. The number of carbonyl (C=O) groups is 4. The number of amides is 3. The van der Waals surface area contributed by atoms with Gasteiger partial charge in [0, 0.05) is 18.7 Å². The number of rotatable bonds is 4. The minimum atomic E-state index is -0.555. The van der Waals surface area contributed by atoms with Crippen LogP contribution in [-0.4, -0.2) is 30.2 Å². The molecule has 2 aromatic rings. The standard InChI is InChI=1S/C28H28N2O5/c1-15-3-6-21(11-16(15)2)29-14-19(13-23(29)31)28(34)35-22-9-7-20(8-10-22)30-26(32)24-17-4-5-18(12-17)25(24)27(30)33/h3,6-11,17-19,24-25H,4-5,12-14H2,1-2H3/t17-,18-,19+,24+,25+/m0/s1. The molecule has 6 rings (SSSR count). The van der Waals surface area contributed by atoms with Crippen molar-refractivity contribution in [2.75, 3.05) is 16.3 Å². The van der Waals surface area contributed by atoms with Crippen LogP contribution in [0.25, 0.3) is 0 Å². The van der Waals surface area contributed by atoms with Gasteiger partial charge in [-0.05, 0) is 92.5 Å². The normalized spacial score (nSPS) is 29.3. The van der Waals surface area contributed by atoms with E-state index < -0.39 is 11.9 Å². The summed E-state index contributed by atoms with van der Waals surface area (Å²) in [6.45, 7) is 4.29. The van der Waals surface area contributed by atoms with E-state index in [1.165, 1.54) is 4.90 Å². The highest BCUT2D eigenvalue weighted by Crippen LogP contribution is 2.56. The summed E-state index contributed by atoms with van der Waals surface area (Å²) in [6, 6.07) is 12.3. The summed E-state index contributed by atoms with van der Waals surface area (Å²) >= 11 is 0. The van der Waals surface area contributed by atoms with Gasteiger partial charge in [0.05, 0.1) is 23.4 Å². The van der Waals surface area contributed by atoms with Crippen molar-refractivity contribution in [3.8, 4) is 5.75 Å². The second-order valence-electron chi connectivity index (χ2n) is 10.5. The van der Waals surface area contributed by atoms with Crippen LogP contribution < -0.4 is 14.5 Å². The maximum Gasteiger partial charge on any atom is 0.316 e. The van der Waals surface area contributed by atoms with Gasteiger partial charge >= 0.3 is 5.97 Å². The molecule has 4 aliphatic rings. The molecule has 2 aromatic carbocycles. The van der Waals surface area contributed by atoms with Crippen LogP contribution in [0, 0.1) is 43.4 Å². The Labute approximate surface area is 204 Å². The Morgan fingerprint density at radius 1 is 0.857 bits per heavy atom. The molecular formula is C28H28N2O5. The lowest BCUT2D eigenvalue weighted by atomic mass is 9.81. The lowest BCUT2D eigenvalue weighted by molar-refractivity contribution is -0.139. The van der Waals surface area contributed by atoms with Gasteiger partial charge in [0.15, 0.2) is 0 Å². The fourth-order valence-electron chi connectivity index (χ4n) is 6.53. The number of anilines is 2. The van der Waals surface area contributed by atoms with Crippen LogP contribution in [0.1, 0.15) is 36.8 Å². The number of esters is 1. The summed E-state index contributed by atoms with van der Waals surface area (Å²) < 4.78 is 5.56. The third-order valence-corrected chi connectivity index (χ3v) is 8.50. The topological polar surface area (TPSA) is 84.0 Å². The third kappa shape index (κ3) is 3.48. The molecule has 2 aliphatic heterocycles. The van der Waals surface area contributed by atoms with E-state index in [-0.39, 0.29) is 42.5 Å². The van der Waals surface area contributed by atoms with Gasteiger partial charge in [-0.2, -0.15) is 0 Å². The lowest BCUT2D eigenvalue weighted by Crippen LogP contribution is -2.32. The van der Waals surface area contributed by atoms with Gasteiger partial charge in [0.1, 0.15) is 5.75 Å². The molecule has 0 N–H and O–H groups in total. The van der Waals surface area contributed by atoms with Crippen molar-refractivity contribution in [2.24, 2.45) is 29.6 Å². The fourth-order valence-corrected chi connectivity index (χ4v) is 6.53. The Bertz CT molecular complexity index is 1220. The van der Waals surface area contributed by atoms with Gasteiger partial charge in [-0.25, -0.2) is 0 Å². The quantitative estimate of drug-likeness (QED) is 0.384. The van der Waals surface area contributed by atoms with E-state index in [1.54, 1.807) is 29.2 Å². The van der Waals surface area contributed by atoms with E-state index in [4.69, 9.17) is 4.74 Å². The van der Waals surface area contributed by atoms with Gasteiger partial charge in [-0.1, -0.05) is 6.07 Å². The highest BCUT2D eigenvalue weighted by molar-refractivity contribution is 6.22. The first-order chi connectivity index (χ1) is 16.8. The Morgan fingerprint density at radius 2 is 1.49 bits per heavy atom. The van der Waals surface area contributed by atoms with Crippen LogP contribution >= 0.6 is 0 Å². The number of benzene rings is 2. The number of carbonyl (C=O) groups excluding carboxylic acids is 4. The number of fused-ring (bicyclic) bond motifs is 5. The molecule has 35 heavy (non-hydrogen) atoms. The zero-order valence-corrected chi connectivity index (χ0v) is 19.9. The van der Waals surface area contributed by atoms with Crippen LogP contribution in [0.3, 0.4) is 0 Å². The average Bonchev–Trinajstić information content (AvgIpc) is 3.60. The summed E-state index contributed by atoms with van der Waals surface area (Å²) in [5.74, 6) is -0.629. The molecule has 2 aliphatic carbocycles. The first-order valence-electron chi connectivity index (χ1n) is 12.4. The maximum atomic E-state index is 13.0. The highest BCUT2D eigenvalue weighted by Gasteiger charge is 2.61. The molecular weight excluding hydrogens is 444 g/mol. The molecule has 2 bridgehead atoms. The lowest BCUT2D eigenvalue weighted by Gasteiger charge is -2.19. The third-order valence-electron chi connectivity index (χ3n) is 8.50. The maximum absolute atomic E-state index is 13.0. The Morgan fingerprint density at radius 3 is 2.11 bits per heavy atom. The first kappa shape index (κ1) is 22.0. The molecule has 3 amide bonds. The summed E-state index contributed by atoms with van der Waals surface area (Å²) in [7, 11) is 0. The van der Waals surface area contributed by atoms with Crippen LogP contribution in [0.2, 0.25) is 0 Å². The Balaban J connectivity index is 1.12. The summed E-state index contributed by atoms with van der Waals surface area (Å²) in [6.07, 6.45) is 3.18. The second kappa shape index (κ2) is 8.04. The fraction of sp³-hybridized carbons (Fsp3) is 0.429. The average molecular weight is 473 g/mol. The van der Waals surface area contributed by atoms with Gasteiger partial charge in [-0.3, -0.25) is 24.1 Å². The first-order valence-corrected chi connectivity index (χ1v) is 12.4. The van der Waals surface area contributed by atoms with Crippen molar-refractivity contribution >= 4 is 35.1 Å². The number of imide groups is 1. The molecule has 180 valence electrons. The predicted molar refractivity (Wildman–Crippen MR) is 129 cm³/mol.